The highest BCUT2D eigenvalue weighted by Gasteiger charge is 2.15. The quantitative estimate of drug-likeness (QED) is 0.710. The lowest BCUT2D eigenvalue weighted by Crippen LogP contribution is -2.24. The maximum Gasteiger partial charge on any atom is 0.195 e. The predicted molar refractivity (Wildman–Crippen MR) is 70.2 cm³/mol. The number of aliphatic hydroxyl groups is 2. The summed E-state index contributed by atoms with van der Waals surface area (Å²) in [6.07, 6.45) is 1.90. The van der Waals surface area contributed by atoms with Crippen molar-refractivity contribution in [2.75, 3.05) is 38.3 Å². The van der Waals surface area contributed by atoms with E-state index in [-0.39, 0.29) is 13.2 Å². The molecule has 6 nitrogen and oxygen atoms in total. The minimum absolute atomic E-state index is 0.0335. The molecule has 2 rings (SSSR count). The van der Waals surface area contributed by atoms with Gasteiger partial charge in [-0.05, 0) is 0 Å². The van der Waals surface area contributed by atoms with Crippen molar-refractivity contribution < 1.29 is 14.9 Å². The van der Waals surface area contributed by atoms with Crippen molar-refractivity contribution in [2.45, 2.75) is 6.61 Å². The fourth-order valence-corrected chi connectivity index (χ4v) is 2.48. The highest BCUT2D eigenvalue weighted by Crippen LogP contribution is 2.23. The van der Waals surface area contributed by atoms with Crippen LogP contribution >= 0.6 is 11.3 Å². The number of anilines is 1. The Balaban J connectivity index is 2.06. The number of ether oxygens (including phenoxy) is 1. The topological polar surface area (TPSA) is 70.2 Å². The molecular formula is C11H17N3O3S. The highest BCUT2D eigenvalue weighted by atomic mass is 32.1. The maximum absolute atomic E-state index is 9.44. The van der Waals surface area contributed by atoms with Crippen LogP contribution in [0.1, 0.15) is 5.69 Å². The van der Waals surface area contributed by atoms with Crippen molar-refractivity contribution in [3.05, 3.63) is 17.3 Å². The first-order chi connectivity index (χ1) is 8.77. The summed E-state index contributed by atoms with van der Waals surface area (Å²) < 4.78 is 7.11. The average Bonchev–Trinajstić information content (AvgIpc) is 2.93. The van der Waals surface area contributed by atoms with Crippen LogP contribution < -0.4 is 4.90 Å². The van der Waals surface area contributed by atoms with Gasteiger partial charge < -0.3 is 19.8 Å². The summed E-state index contributed by atoms with van der Waals surface area (Å²) in [4.78, 5) is 7.30. The van der Waals surface area contributed by atoms with E-state index in [1.54, 1.807) is 0 Å². The number of rotatable bonds is 7. The lowest BCUT2D eigenvalue weighted by molar-refractivity contribution is 0.0970. The Morgan fingerprint density at radius 1 is 1.44 bits per heavy atom. The van der Waals surface area contributed by atoms with Crippen molar-refractivity contribution in [2.24, 2.45) is 0 Å². The monoisotopic (exact) mass is 271 g/mol. The molecule has 2 aromatic rings. The number of likely N-dealkylation sites (N-methyl/N-ethyl adjacent to an activating group) is 1. The molecule has 18 heavy (non-hydrogen) atoms. The van der Waals surface area contributed by atoms with Crippen molar-refractivity contribution in [1.29, 1.82) is 0 Å². The van der Waals surface area contributed by atoms with Gasteiger partial charge in [-0.15, -0.1) is 11.3 Å². The molecule has 0 unspecified atom stereocenters. The van der Waals surface area contributed by atoms with Crippen molar-refractivity contribution in [1.82, 2.24) is 9.38 Å². The molecule has 0 saturated heterocycles. The van der Waals surface area contributed by atoms with E-state index >= 15 is 0 Å². The normalized spacial score (nSPS) is 11.3. The fraction of sp³-hybridized carbons (Fsp3) is 0.545. The predicted octanol–water partition coefficient (Wildman–Crippen LogP) is 0.333. The highest BCUT2D eigenvalue weighted by molar-refractivity contribution is 7.15. The van der Waals surface area contributed by atoms with Gasteiger partial charge in [0.05, 0.1) is 32.1 Å². The average molecular weight is 271 g/mol. The molecule has 0 atom stereocenters. The van der Waals surface area contributed by atoms with Crippen LogP contribution in [-0.2, 0) is 11.3 Å². The zero-order valence-electron chi connectivity index (χ0n) is 10.2. The summed E-state index contributed by atoms with van der Waals surface area (Å²) in [5, 5.41) is 20.0. The van der Waals surface area contributed by atoms with E-state index < -0.39 is 0 Å². The molecule has 7 heteroatoms. The molecule has 100 valence electrons. The Bertz CT molecular complexity index is 497. The van der Waals surface area contributed by atoms with Crippen LogP contribution in [0.15, 0.2) is 11.6 Å². The van der Waals surface area contributed by atoms with E-state index in [1.165, 1.54) is 11.3 Å². The first-order valence-electron chi connectivity index (χ1n) is 5.73. The van der Waals surface area contributed by atoms with Crippen LogP contribution in [0.2, 0.25) is 0 Å². The number of nitrogens with zero attached hydrogens (tertiary/aromatic N) is 3. The molecule has 0 aromatic carbocycles. The Labute approximate surface area is 109 Å². The smallest absolute Gasteiger partial charge is 0.195 e. The standard InChI is InChI=1S/C11H17N3O3S/c1-13(2-5-17-6-4-15)10-9(8-16)14-3-7-18-11(14)12-10/h3,7,15-16H,2,4-6,8H2,1H3. The van der Waals surface area contributed by atoms with Gasteiger partial charge in [0.1, 0.15) is 0 Å². The van der Waals surface area contributed by atoms with Gasteiger partial charge >= 0.3 is 0 Å². The summed E-state index contributed by atoms with van der Waals surface area (Å²) in [5.41, 5.74) is 0.788. The number of thiazole rings is 1. The minimum Gasteiger partial charge on any atom is -0.394 e. The van der Waals surface area contributed by atoms with Gasteiger partial charge in [0.15, 0.2) is 10.8 Å². The maximum atomic E-state index is 9.44. The van der Waals surface area contributed by atoms with Crippen molar-refractivity contribution in [3.63, 3.8) is 0 Å². The van der Waals surface area contributed by atoms with Gasteiger partial charge in [-0.1, -0.05) is 0 Å². The minimum atomic E-state index is -0.0466. The van der Waals surface area contributed by atoms with Gasteiger partial charge in [-0.25, -0.2) is 4.98 Å². The fourth-order valence-electron chi connectivity index (χ4n) is 1.75. The third-order valence-corrected chi connectivity index (χ3v) is 3.41. The lowest BCUT2D eigenvalue weighted by atomic mass is 10.4. The van der Waals surface area contributed by atoms with E-state index in [1.807, 2.05) is 27.9 Å². The Kier molecular flexibility index (Phi) is 4.54. The molecule has 0 aliphatic rings. The van der Waals surface area contributed by atoms with Crippen LogP contribution in [0.3, 0.4) is 0 Å². The second-order valence-electron chi connectivity index (χ2n) is 3.85. The van der Waals surface area contributed by atoms with Gasteiger partial charge in [0.2, 0.25) is 0 Å². The molecular weight excluding hydrogens is 254 g/mol. The van der Waals surface area contributed by atoms with Crippen LogP contribution in [0.4, 0.5) is 5.82 Å². The third kappa shape index (κ3) is 2.64. The number of imidazole rings is 1. The first kappa shape index (κ1) is 13.3. The summed E-state index contributed by atoms with van der Waals surface area (Å²) >= 11 is 1.54. The molecule has 2 N–H and O–H groups in total. The summed E-state index contributed by atoms with van der Waals surface area (Å²) in [5.74, 6) is 0.775. The number of hydrogen-bond donors (Lipinski definition) is 2. The molecule has 0 fully saturated rings. The Morgan fingerprint density at radius 2 is 2.28 bits per heavy atom. The van der Waals surface area contributed by atoms with Gasteiger partial charge in [0.25, 0.3) is 0 Å². The zero-order chi connectivity index (χ0) is 13.0. The van der Waals surface area contributed by atoms with Gasteiger partial charge in [0, 0.05) is 25.2 Å². The number of hydrogen-bond acceptors (Lipinski definition) is 6. The van der Waals surface area contributed by atoms with E-state index in [9.17, 15) is 5.11 Å². The zero-order valence-corrected chi connectivity index (χ0v) is 11.1. The Hall–Kier alpha value is -1.15. The second-order valence-corrected chi connectivity index (χ2v) is 4.73. The van der Waals surface area contributed by atoms with E-state index in [0.29, 0.717) is 19.8 Å². The van der Waals surface area contributed by atoms with Crippen molar-refractivity contribution in [3.8, 4) is 0 Å². The molecule has 0 amide bonds. The molecule has 2 aromatic heterocycles. The van der Waals surface area contributed by atoms with Crippen molar-refractivity contribution >= 4 is 22.1 Å². The molecule has 2 heterocycles. The lowest BCUT2D eigenvalue weighted by Gasteiger charge is -2.17. The summed E-state index contributed by atoms with van der Waals surface area (Å²) in [6, 6.07) is 0. The molecule has 0 spiro atoms. The number of fused-ring (bicyclic) bond motifs is 1. The number of aliphatic hydroxyl groups excluding tert-OH is 2. The van der Waals surface area contributed by atoms with Gasteiger partial charge in [-0.3, -0.25) is 4.40 Å². The Morgan fingerprint density at radius 3 is 3.00 bits per heavy atom. The van der Waals surface area contributed by atoms with Crippen LogP contribution in [0.5, 0.6) is 0 Å². The molecule has 0 radical (unpaired) electrons. The largest absolute Gasteiger partial charge is 0.394 e. The van der Waals surface area contributed by atoms with Gasteiger partial charge in [-0.2, -0.15) is 0 Å². The SMILES string of the molecule is CN(CCOCCO)c1nc2sccn2c1CO. The molecule has 0 aliphatic carbocycles. The molecule has 0 bridgehead atoms. The van der Waals surface area contributed by atoms with E-state index in [4.69, 9.17) is 9.84 Å². The van der Waals surface area contributed by atoms with Crippen LogP contribution in [0, 0.1) is 0 Å². The third-order valence-electron chi connectivity index (χ3n) is 2.66. The molecule has 0 saturated carbocycles. The van der Waals surface area contributed by atoms with E-state index in [2.05, 4.69) is 4.98 Å². The van der Waals surface area contributed by atoms with Crippen LogP contribution in [0.25, 0.3) is 4.96 Å². The second kappa shape index (κ2) is 6.14. The van der Waals surface area contributed by atoms with Crippen LogP contribution in [-0.4, -0.2) is 53.0 Å². The first-order valence-corrected chi connectivity index (χ1v) is 6.61. The molecule has 0 aliphatic heterocycles. The number of aromatic nitrogens is 2. The van der Waals surface area contributed by atoms with E-state index in [0.717, 1.165) is 16.5 Å². The summed E-state index contributed by atoms with van der Waals surface area (Å²) in [7, 11) is 1.91. The summed E-state index contributed by atoms with van der Waals surface area (Å²) in [6.45, 7) is 1.52.